The second kappa shape index (κ2) is 5.45. The summed E-state index contributed by atoms with van der Waals surface area (Å²) in [5, 5.41) is 18.2. The predicted octanol–water partition coefficient (Wildman–Crippen LogP) is 0.648. The van der Waals surface area contributed by atoms with E-state index in [1.165, 1.54) is 0 Å². The number of nitrogens with one attached hydrogen (secondary N) is 1. The molecular weight excluding hydrogens is 311 g/mol. The van der Waals surface area contributed by atoms with Crippen molar-refractivity contribution in [1.82, 2.24) is 4.72 Å². The first-order chi connectivity index (χ1) is 8.54. The van der Waals surface area contributed by atoms with Gasteiger partial charge in [0.25, 0.3) is 0 Å². The second-order valence-electron chi connectivity index (χ2n) is 3.36. The number of aliphatic hydroxyl groups is 1. The van der Waals surface area contributed by atoms with E-state index in [9.17, 15) is 26.4 Å². The molecule has 0 spiro atoms. The van der Waals surface area contributed by atoms with Gasteiger partial charge in [0.1, 0.15) is 4.88 Å². The highest BCUT2D eigenvalue weighted by molar-refractivity contribution is 7.89. The number of sulfonamides is 1. The van der Waals surface area contributed by atoms with Gasteiger partial charge in [0.15, 0.2) is 6.10 Å². The summed E-state index contributed by atoms with van der Waals surface area (Å²) in [5.41, 5.74) is 0. The molecule has 0 aromatic carbocycles. The maximum Gasteiger partial charge on any atom is 0.415 e. The highest BCUT2D eigenvalue weighted by Crippen LogP contribution is 2.21. The summed E-state index contributed by atoms with van der Waals surface area (Å²) in [7, 11) is -4.29. The summed E-state index contributed by atoms with van der Waals surface area (Å²) in [5.74, 6) is -1.35. The van der Waals surface area contributed by atoms with Gasteiger partial charge in [0.05, 0.1) is 4.90 Å². The number of thiophene rings is 1. The molecule has 6 nitrogen and oxygen atoms in total. The zero-order valence-corrected chi connectivity index (χ0v) is 10.6. The van der Waals surface area contributed by atoms with E-state index in [2.05, 4.69) is 0 Å². The zero-order chi connectivity index (χ0) is 14.8. The molecule has 0 saturated carbocycles. The third kappa shape index (κ3) is 4.16. The van der Waals surface area contributed by atoms with Crippen LogP contribution in [-0.2, 0) is 10.0 Å². The fourth-order valence-corrected chi connectivity index (χ4v) is 3.11. The smallest absolute Gasteiger partial charge is 0.415 e. The van der Waals surface area contributed by atoms with Crippen LogP contribution in [0.3, 0.4) is 0 Å². The van der Waals surface area contributed by atoms with Gasteiger partial charge < -0.3 is 10.2 Å². The Balaban J connectivity index is 2.79. The summed E-state index contributed by atoms with van der Waals surface area (Å²) in [6.07, 6.45) is -7.77. The summed E-state index contributed by atoms with van der Waals surface area (Å²) in [4.78, 5) is 9.81. The Morgan fingerprint density at radius 2 is 2.05 bits per heavy atom. The van der Waals surface area contributed by atoms with Gasteiger partial charge in [-0.25, -0.2) is 17.9 Å². The first-order valence-electron chi connectivity index (χ1n) is 4.60. The van der Waals surface area contributed by atoms with Crippen molar-refractivity contribution >= 4 is 27.3 Å². The minimum absolute atomic E-state index is 0.267. The molecular formula is C8H8F3NO5S2. The van der Waals surface area contributed by atoms with E-state index in [0.717, 1.165) is 11.4 Å². The van der Waals surface area contributed by atoms with Crippen molar-refractivity contribution in [2.75, 3.05) is 6.54 Å². The lowest BCUT2D eigenvalue weighted by atomic mass is 10.4. The van der Waals surface area contributed by atoms with E-state index in [0.29, 0.717) is 11.3 Å². The monoisotopic (exact) mass is 319 g/mol. The van der Waals surface area contributed by atoms with Gasteiger partial charge in [-0.3, -0.25) is 0 Å². The molecule has 1 rings (SSSR count). The number of hydrogen-bond donors (Lipinski definition) is 3. The van der Waals surface area contributed by atoms with Crippen molar-refractivity contribution in [2.24, 2.45) is 0 Å². The number of rotatable bonds is 5. The van der Waals surface area contributed by atoms with Crippen LogP contribution in [0.2, 0.25) is 0 Å². The molecule has 1 aromatic heterocycles. The van der Waals surface area contributed by atoms with E-state index in [4.69, 9.17) is 10.2 Å². The number of alkyl halides is 3. The Morgan fingerprint density at radius 3 is 2.47 bits per heavy atom. The van der Waals surface area contributed by atoms with Crippen LogP contribution in [0.15, 0.2) is 16.3 Å². The Labute approximate surface area is 109 Å². The van der Waals surface area contributed by atoms with Gasteiger partial charge in [-0.1, -0.05) is 0 Å². The summed E-state index contributed by atoms with van der Waals surface area (Å²) in [6, 6.07) is 0.815. The normalized spacial score (nSPS) is 14.3. The summed E-state index contributed by atoms with van der Waals surface area (Å²) >= 11 is 0.621. The van der Waals surface area contributed by atoms with Gasteiger partial charge in [-0.05, 0) is 6.07 Å². The largest absolute Gasteiger partial charge is 0.477 e. The number of aromatic carboxylic acids is 1. The molecule has 1 aromatic rings. The topological polar surface area (TPSA) is 104 Å². The number of halogens is 3. The fraction of sp³-hybridized carbons (Fsp3) is 0.375. The van der Waals surface area contributed by atoms with Gasteiger partial charge in [-0.15, -0.1) is 11.3 Å². The van der Waals surface area contributed by atoms with E-state index < -0.39 is 39.7 Å². The number of carboxylic acids is 1. The standard InChI is InChI=1S/C8H8F3NO5S2/c9-8(10,11)6(13)2-12-19(16,17)4-1-5(7(14)15)18-3-4/h1,3,6,12-13H,2H2,(H,14,15). The molecule has 19 heavy (non-hydrogen) atoms. The molecule has 0 aliphatic carbocycles. The molecule has 3 N–H and O–H groups in total. The second-order valence-corrected chi connectivity index (χ2v) is 6.04. The number of carbonyl (C=O) groups is 1. The maximum absolute atomic E-state index is 12.0. The molecule has 1 heterocycles. The third-order valence-electron chi connectivity index (χ3n) is 1.94. The molecule has 108 valence electrons. The fourth-order valence-electron chi connectivity index (χ4n) is 0.960. The van der Waals surface area contributed by atoms with E-state index in [1.807, 2.05) is 0 Å². The number of carboxylic acid groups (broad SMARTS) is 1. The molecule has 0 aliphatic rings. The maximum atomic E-state index is 12.0. The van der Waals surface area contributed by atoms with Gasteiger partial charge >= 0.3 is 12.1 Å². The van der Waals surface area contributed by atoms with Crippen LogP contribution in [0.25, 0.3) is 0 Å². The lowest BCUT2D eigenvalue weighted by Gasteiger charge is -2.14. The van der Waals surface area contributed by atoms with Crippen molar-refractivity contribution in [1.29, 1.82) is 0 Å². The lowest BCUT2D eigenvalue weighted by molar-refractivity contribution is -0.200. The average molecular weight is 319 g/mol. The number of aliphatic hydroxyl groups excluding tert-OH is 1. The molecule has 0 radical (unpaired) electrons. The van der Waals surface area contributed by atoms with Crippen molar-refractivity contribution < 1.29 is 36.6 Å². The molecule has 0 amide bonds. The minimum Gasteiger partial charge on any atom is -0.477 e. The Bertz CT molecular complexity index is 565. The highest BCUT2D eigenvalue weighted by Gasteiger charge is 2.38. The average Bonchev–Trinajstić information content (AvgIpc) is 2.74. The molecule has 11 heteroatoms. The van der Waals surface area contributed by atoms with Crippen LogP contribution in [0.5, 0.6) is 0 Å². The Hall–Kier alpha value is -1.17. The first-order valence-corrected chi connectivity index (χ1v) is 6.96. The molecule has 1 unspecified atom stereocenters. The third-order valence-corrected chi connectivity index (χ3v) is 4.41. The Morgan fingerprint density at radius 1 is 1.47 bits per heavy atom. The summed E-state index contributed by atoms with van der Waals surface area (Å²) < 4.78 is 60.5. The van der Waals surface area contributed by atoms with Crippen LogP contribution >= 0.6 is 11.3 Å². The van der Waals surface area contributed by atoms with Crippen LogP contribution in [-0.4, -0.2) is 43.4 Å². The predicted molar refractivity (Wildman–Crippen MR) is 58.5 cm³/mol. The molecule has 1 atom stereocenters. The van der Waals surface area contributed by atoms with Gasteiger partial charge in [-0.2, -0.15) is 13.2 Å². The van der Waals surface area contributed by atoms with Crippen LogP contribution in [0.1, 0.15) is 9.67 Å². The molecule has 0 aliphatic heterocycles. The van der Waals surface area contributed by atoms with E-state index in [1.54, 1.807) is 4.72 Å². The molecule has 0 fully saturated rings. The minimum atomic E-state index is -4.94. The molecule has 0 bridgehead atoms. The molecule has 0 saturated heterocycles. The van der Waals surface area contributed by atoms with Gasteiger partial charge in [0.2, 0.25) is 10.0 Å². The lowest BCUT2D eigenvalue weighted by Crippen LogP contribution is -2.40. The Kier molecular flexibility index (Phi) is 4.55. The number of hydrogen-bond acceptors (Lipinski definition) is 5. The highest BCUT2D eigenvalue weighted by atomic mass is 32.2. The zero-order valence-electron chi connectivity index (χ0n) is 9.01. The SMILES string of the molecule is O=C(O)c1cc(S(=O)(=O)NCC(O)C(F)(F)F)cs1. The van der Waals surface area contributed by atoms with Crippen molar-refractivity contribution in [3.63, 3.8) is 0 Å². The van der Waals surface area contributed by atoms with Crippen LogP contribution in [0.4, 0.5) is 13.2 Å². The van der Waals surface area contributed by atoms with Crippen molar-refractivity contribution in [2.45, 2.75) is 17.2 Å². The van der Waals surface area contributed by atoms with Gasteiger partial charge in [0, 0.05) is 11.9 Å². The quantitative estimate of drug-likeness (QED) is 0.739. The van der Waals surface area contributed by atoms with Crippen molar-refractivity contribution in [3.05, 3.63) is 16.3 Å². The van der Waals surface area contributed by atoms with E-state index in [-0.39, 0.29) is 4.88 Å². The summed E-state index contributed by atoms with van der Waals surface area (Å²) in [6.45, 7) is -1.25. The van der Waals surface area contributed by atoms with E-state index >= 15 is 0 Å². The first kappa shape index (κ1) is 15.9. The van der Waals surface area contributed by atoms with Crippen LogP contribution in [0, 0.1) is 0 Å². The van der Waals surface area contributed by atoms with Crippen molar-refractivity contribution in [3.8, 4) is 0 Å². The van der Waals surface area contributed by atoms with Crippen LogP contribution < -0.4 is 4.72 Å².